The highest BCUT2D eigenvalue weighted by Gasteiger charge is 2.16. The van der Waals surface area contributed by atoms with Gasteiger partial charge in [0.25, 0.3) is 15.9 Å². The third kappa shape index (κ3) is 5.45. The van der Waals surface area contributed by atoms with Crippen molar-refractivity contribution in [2.24, 2.45) is 0 Å². The summed E-state index contributed by atoms with van der Waals surface area (Å²) in [6.45, 7) is -0.206. The molecule has 2 N–H and O–H groups in total. The van der Waals surface area contributed by atoms with E-state index in [4.69, 9.17) is 4.74 Å². The lowest BCUT2D eigenvalue weighted by Gasteiger charge is -2.11. The van der Waals surface area contributed by atoms with Gasteiger partial charge in [-0.25, -0.2) is 17.2 Å². The smallest absolute Gasteiger partial charge is 0.262 e. The fourth-order valence-electron chi connectivity index (χ4n) is 3.08. The highest BCUT2D eigenvalue weighted by Crippen LogP contribution is 2.22. The Hall–Kier alpha value is -3.98. The van der Waals surface area contributed by atoms with Gasteiger partial charge in [0.1, 0.15) is 5.75 Å². The molecular formula is C24H18F2N2O4S. The van der Waals surface area contributed by atoms with Crippen LogP contribution in [0.25, 0.3) is 10.8 Å². The molecule has 4 aromatic rings. The Morgan fingerprint density at radius 2 is 1.48 bits per heavy atom. The van der Waals surface area contributed by atoms with E-state index in [1.807, 2.05) is 36.4 Å². The molecule has 168 valence electrons. The van der Waals surface area contributed by atoms with Crippen molar-refractivity contribution >= 4 is 38.1 Å². The fraction of sp³-hybridized carbons (Fsp3) is 0.0417. The number of sulfonamides is 1. The van der Waals surface area contributed by atoms with Crippen molar-refractivity contribution in [1.29, 1.82) is 0 Å². The second-order valence-electron chi connectivity index (χ2n) is 7.10. The number of amides is 1. The number of ether oxygens (including phenoxy) is 1. The largest absolute Gasteiger partial charge is 0.484 e. The third-order valence-corrected chi connectivity index (χ3v) is 6.09. The summed E-state index contributed by atoms with van der Waals surface area (Å²) in [6, 6.07) is 21.5. The molecule has 33 heavy (non-hydrogen) atoms. The first-order chi connectivity index (χ1) is 15.8. The molecule has 0 bridgehead atoms. The predicted molar refractivity (Wildman–Crippen MR) is 122 cm³/mol. The van der Waals surface area contributed by atoms with Crippen molar-refractivity contribution in [3.8, 4) is 5.75 Å². The van der Waals surface area contributed by atoms with Gasteiger partial charge in [0.05, 0.1) is 4.90 Å². The first-order valence-electron chi connectivity index (χ1n) is 9.79. The molecule has 0 radical (unpaired) electrons. The lowest BCUT2D eigenvalue weighted by molar-refractivity contribution is -0.118. The second-order valence-corrected chi connectivity index (χ2v) is 8.79. The van der Waals surface area contributed by atoms with E-state index in [2.05, 4.69) is 10.0 Å². The van der Waals surface area contributed by atoms with E-state index in [1.165, 1.54) is 24.3 Å². The van der Waals surface area contributed by atoms with Crippen LogP contribution in [0, 0.1) is 11.6 Å². The number of benzene rings is 4. The van der Waals surface area contributed by atoms with Gasteiger partial charge in [-0.2, -0.15) is 0 Å². The highest BCUT2D eigenvalue weighted by molar-refractivity contribution is 7.92. The molecule has 0 saturated heterocycles. The summed E-state index contributed by atoms with van der Waals surface area (Å²) in [5.41, 5.74) is 0.614. The maximum absolute atomic E-state index is 13.3. The summed E-state index contributed by atoms with van der Waals surface area (Å²) >= 11 is 0. The minimum absolute atomic E-state index is 0.185. The van der Waals surface area contributed by atoms with Gasteiger partial charge in [-0.1, -0.05) is 30.3 Å². The summed E-state index contributed by atoms with van der Waals surface area (Å²) in [4.78, 5) is 11.8. The van der Waals surface area contributed by atoms with Crippen LogP contribution in [0.1, 0.15) is 0 Å². The molecule has 0 atom stereocenters. The zero-order valence-corrected chi connectivity index (χ0v) is 17.9. The first kappa shape index (κ1) is 22.2. The van der Waals surface area contributed by atoms with Crippen LogP contribution in [0.2, 0.25) is 0 Å². The van der Waals surface area contributed by atoms with E-state index in [1.54, 1.807) is 6.07 Å². The van der Waals surface area contributed by atoms with Crippen LogP contribution in [0.15, 0.2) is 89.8 Å². The molecule has 0 aliphatic rings. The molecule has 0 spiro atoms. The minimum atomic E-state index is -4.11. The quantitative estimate of drug-likeness (QED) is 0.403. The maximum Gasteiger partial charge on any atom is 0.262 e. The minimum Gasteiger partial charge on any atom is -0.484 e. The number of carbonyl (C=O) groups is 1. The predicted octanol–water partition coefficient (Wildman–Crippen LogP) is 4.94. The lowest BCUT2D eigenvalue weighted by Crippen LogP contribution is -2.20. The summed E-state index contributed by atoms with van der Waals surface area (Å²) in [6.07, 6.45) is 0. The molecule has 4 rings (SSSR count). The normalized spacial score (nSPS) is 11.2. The van der Waals surface area contributed by atoms with Crippen LogP contribution >= 0.6 is 0 Å². The molecule has 0 heterocycles. The van der Waals surface area contributed by atoms with E-state index >= 15 is 0 Å². The molecule has 0 aromatic heterocycles. The van der Waals surface area contributed by atoms with E-state index in [0.717, 1.165) is 22.9 Å². The third-order valence-electron chi connectivity index (χ3n) is 4.71. The Morgan fingerprint density at radius 3 is 2.21 bits per heavy atom. The number of fused-ring (bicyclic) bond motifs is 1. The molecular weight excluding hydrogens is 450 g/mol. The van der Waals surface area contributed by atoms with Crippen molar-refractivity contribution in [2.45, 2.75) is 4.90 Å². The van der Waals surface area contributed by atoms with Gasteiger partial charge in [-0.3, -0.25) is 9.52 Å². The summed E-state index contributed by atoms with van der Waals surface area (Å²) in [5.74, 6) is -2.23. The van der Waals surface area contributed by atoms with E-state index in [9.17, 15) is 22.0 Å². The Morgan fingerprint density at radius 1 is 0.788 bits per heavy atom. The van der Waals surface area contributed by atoms with Gasteiger partial charge in [0.15, 0.2) is 18.2 Å². The average molecular weight is 468 g/mol. The van der Waals surface area contributed by atoms with Crippen LogP contribution in [0.5, 0.6) is 5.75 Å². The molecule has 9 heteroatoms. The average Bonchev–Trinajstić information content (AvgIpc) is 2.80. The molecule has 0 aliphatic heterocycles. The number of rotatable bonds is 7. The van der Waals surface area contributed by atoms with Crippen molar-refractivity contribution in [3.05, 3.63) is 96.6 Å². The Kier molecular flexibility index (Phi) is 6.23. The van der Waals surface area contributed by atoms with Crippen LogP contribution in [-0.4, -0.2) is 20.9 Å². The first-order valence-corrected chi connectivity index (χ1v) is 11.3. The van der Waals surface area contributed by atoms with Gasteiger partial charge in [0.2, 0.25) is 0 Å². The van der Waals surface area contributed by atoms with Gasteiger partial charge in [-0.05, 0) is 65.4 Å². The molecule has 0 saturated carbocycles. The number of hydrogen-bond donors (Lipinski definition) is 2. The Balaban J connectivity index is 1.34. The lowest BCUT2D eigenvalue weighted by atomic mass is 10.1. The number of nitrogens with one attached hydrogen (secondary N) is 2. The van der Waals surface area contributed by atoms with Crippen molar-refractivity contribution < 1.29 is 26.7 Å². The highest BCUT2D eigenvalue weighted by atomic mass is 32.2. The number of carbonyl (C=O) groups excluding carboxylic acids is 1. The molecule has 0 unspecified atom stereocenters. The van der Waals surface area contributed by atoms with Crippen LogP contribution in [0.3, 0.4) is 0 Å². The van der Waals surface area contributed by atoms with Crippen LogP contribution in [0.4, 0.5) is 20.2 Å². The van der Waals surface area contributed by atoms with Gasteiger partial charge in [-0.15, -0.1) is 0 Å². The number of halogens is 2. The summed E-state index contributed by atoms with van der Waals surface area (Å²) in [5, 5.41) is 4.71. The summed E-state index contributed by atoms with van der Waals surface area (Å²) in [7, 11) is -4.11. The number of hydrogen-bond acceptors (Lipinski definition) is 4. The van der Waals surface area contributed by atoms with Crippen LogP contribution < -0.4 is 14.8 Å². The van der Waals surface area contributed by atoms with Crippen molar-refractivity contribution in [1.82, 2.24) is 0 Å². The standard InChI is InChI=1S/C24H18F2N2O4S/c25-22-12-11-21(14-23(22)26)33(30,31)28-19-8-6-18(7-9-19)27-24(29)15-32-20-10-5-16-3-1-2-4-17(16)13-20/h1-14,28H,15H2,(H,27,29). The van der Waals surface area contributed by atoms with Gasteiger partial charge >= 0.3 is 0 Å². The topological polar surface area (TPSA) is 84.5 Å². The van der Waals surface area contributed by atoms with E-state index in [-0.39, 0.29) is 12.3 Å². The molecule has 4 aromatic carbocycles. The molecule has 6 nitrogen and oxygen atoms in total. The number of anilines is 2. The van der Waals surface area contributed by atoms with Crippen LogP contribution in [-0.2, 0) is 14.8 Å². The second kappa shape index (κ2) is 9.25. The Labute approximate surface area is 188 Å². The zero-order valence-electron chi connectivity index (χ0n) is 17.1. The monoisotopic (exact) mass is 468 g/mol. The fourth-order valence-corrected chi connectivity index (χ4v) is 4.15. The Bertz CT molecular complexity index is 1420. The van der Waals surface area contributed by atoms with E-state index < -0.39 is 32.5 Å². The van der Waals surface area contributed by atoms with Gasteiger partial charge in [0, 0.05) is 11.4 Å². The van der Waals surface area contributed by atoms with E-state index in [0.29, 0.717) is 17.5 Å². The SMILES string of the molecule is O=C(COc1ccc2ccccc2c1)Nc1ccc(NS(=O)(=O)c2ccc(F)c(F)c2)cc1. The maximum atomic E-state index is 13.3. The molecule has 0 fully saturated rings. The summed E-state index contributed by atoms with van der Waals surface area (Å²) < 4.78 is 58.9. The van der Waals surface area contributed by atoms with Crippen molar-refractivity contribution in [3.63, 3.8) is 0 Å². The van der Waals surface area contributed by atoms with Crippen molar-refractivity contribution in [2.75, 3.05) is 16.6 Å². The molecule has 0 aliphatic carbocycles. The molecule has 1 amide bonds. The van der Waals surface area contributed by atoms with Gasteiger partial charge < -0.3 is 10.1 Å². The zero-order chi connectivity index (χ0) is 23.4.